The maximum atomic E-state index is 14.3. The number of nitrogens with two attached hydrogens (primary N) is 1. The molecule has 0 amide bonds. The van der Waals surface area contributed by atoms with Crippen molar-refractivity contribution in [3.8, 4) is 22.8 Å². The van der Waals surface area contributed by atoms with E-state index < -0.39 is 0 Å². The van der Waals surface area contributed by atoms with Crippen molar-refractivity contribution >= 4 is 28.1 Å². The summed E-state index contributed by atoms with van der Waals surface area (Å²) in [4.78, 5) is 27.1. The van der Waals surface area contributed by atoms with Crippen LogP contribution in [0.2, 0.25) is 0 Å². The third-order valence-corrected chi connectivity index (χ3v) is 6.68. The molecule has 0 saturated heterocycles. The number of hydrogen-bond donors (Lipinski definition) is 2. The molecule has 4 aromatic heterocycles. The second kappa shape index (κ2) is 9.90. The smallest absolute Gasteiger partial charge is 0.316 e. The highest BCUT2D eigenvalue weighted by molar-refractivity contribution is 5.96. The normalized spacial score (nSPS) is 12.1. The topological polar surface area (TPSA) is 125 Å². The van der Waals surface area contributed by atoms with E-state index in [1.165, 1.54) is 7.11 Å². The van der Waals surface area contributed by atoms with Crippen LogP contribution < -0.4 is 21.3 Å². The molecule has 1 atom stereocenters. The molecule has 10 nitrogen and oxygen atoms in total. The first-order valence-corrected chi connectivity index (χ1v) is 12.5. The molecule has 0 spiro atoms. The van der Waals surface area contributed by atoms with E-state index in [4.69, 9.17) is 10.5 Å². The maximum absolute atomic E-state index is 14.3. The monoisotopic (exact) mass is 518 g/mol. The van der Waals surface area contributed by atoms with E-state index in [0.29, 0.717) is 23.4 Å². The zero-order chi connectivity index (χ0) is 26.9. The Morgan fingerprint density at radius 1 is 1.03 bits per heavy atom. The number of aromatic nitrogens is 6. The van der Waals surface area contributed by atoms with Crippen LogP contribution in [0.25, 0.3) is 33.2 Å². The summed E-state index contributed by atoms with van der Waals surface area (Å²) < 4.78 is 8.60. The third-order valence-electron chi connectivity index (χ3n) is 6.68. The Labute approximate surface area is 223 Å². The fraction of sp³-hybridized carbons (Fsp3) is 0.138. The van der Waals surface area contributed by atoms with Gasteiger partial charge in [-0.2, -0.15) is 9.61 Å². The van der Waals surface area contributed by atoms with Gasteiger partial charge in [0.05, 0.1) is 18.7 Å². The molecule has 0 aliphatic rings. The van der Waals surface area contributed by atoms with Crippen LogP contribution in [0.15, 0.2) is 90.1 Å². The number of nitrogens with zero attached hydrogens (tertiary/aromatic N) is 6. The van der Waals surface area contributed by atoms with Gasteiger partial charge in [-0.25, -0.2) is 15.0 Å². The summed E-state index contributed by atoms with van der Waals surface area (Å²) in [6, 6.07) is 21.4. The molecule has 0 fully saturated rings. The van der Waals surface area contributed by atoms with Gasteiger partial charge < -0.3 is 15.8 Å². The van der Waals surface area contributed by atoms with E-state index in [9.17, 15) is 4.79 Å². The van der Waals surface area contributed by atoms with Crippen molar-refractivity contribution in [3.63, 3.8) is 0 Å². The Bertz CT molecular complexity index is 1850. The molecule has 194 valence electrons. The molecule has 6 aromatic rings. The van der Waals surface area contributed by atoms with E-state index in [2.05, 4.69) is 38.4 Å². The Kier molecular flexibility index (Phi) is 6.12. The van der Waals surface area contributed by atoms with Crippen LogP contribution in [-0.4, -0.2) is 42.8 Å². The van der Waals surface area contributed by atoms with Gasteiger partial charge in [-0.1, -0.05) is 43.3 Å². The number of hydrogen-bond acceptors (Lipinski definition) is 8. The maximum Gasteiger partial charge on any atom is 0.316 e. The molecule has 0 bridgehead atoms. The summed E-state index contributed by atoms with van der Waals surface area (Å²) >= 11 is 0. The first kappa shape index (κ1) is 24.1. The van der Waals surface area contributed by atoms with Crippen LogP contribution in [0.5, 0.6) is 6.01 Å². The van der Waals surface area contributed by atoms with Crippen LogP contribution in [0.4, 0.5) is 11.6 Å². The predicted molar refractivity (Wildman–Crippen MR) is 151 cm³/mol. The average Bonchev–Trinajstić information content (AvgIpc) is 3.44. The fourth-order valence-corrected chi connectivity index (χ4v) is 4.81. The molecule has 6 rings (SSSR count). The summed E-state index contributed by atoms with van der Waals surface area (Å²) in [7, 11) is 1.52. The van der Waals surface area contributed by atoms with Crippen LogP contribution in [0, 0.1) is 0 Å². The summed E-state index contributed by atoms with van der Waals surface area (Å²) in [5, 5.41) is 9.22. The molecular weight excluding hydrogens is 492 g/mol. The highest BCUT2D eigenvalue weighted by atomic mass is 16.5. The lowest BCUT2D eigenvalue weighted by molar-refractivity contribution is 0.380. The van der Waals surface area contributed by atoms with Crippen molar-refractivity contribution in [1.29, 1.82) is 0 Å². The molecule has 0 aliphatic heterocycles. The second-order valence-electron chi connectivity index (χ2n) is 9.22. The van der Waals surface area contributed by atoms with Gasteiger partial charge in [0.2, 0.25) is 0 Å². The number of para-hydroxylation sites is 1. The predicted octanol–water partition coefficient (Wildman–Crippen LogP) is 4.30. The number of nitrogens with one attached hydrogen (secondary N) is 1. The Morgan fingerprint density at radius 3 is 2.59 bits per heavy atom. The molecule has 0 unspecified atom stereocenters. The van der Waals surface area contributed by atoms with Crippen molar-refractivity contribution in [2.24, 2.45) is 0 Å². The Balaban J connectivity index is 1.47. The molecule has 0 aliphatic carbocycles. The summed E-state index contributed by atoms with van der Waals surface area (Å²) in [5.41, 5.74) is 9.70. The van der Waals surface area contributed by atoms with Gasteiger partial charge in [-0.05, 0) is 29.1 Å². The van der Waals surface area contributed by atoms with Crippen LogP contribution in [0.3, 0.4) is 0 Å². The van der Waals surface area contributed by atoms with Gasteiger partial charge >= 0.3 is 6.01 Å². The number of fused-ring (bicyclic) bond motifs is 2. The summed E-state index contributed by atoms with van der Waals surface area (Å²) in [5.74, 6) is 1.07. The van der Waals surface area contributed by atoms with Gasteiger partial charge in [0.15, 0.2) is 5.65 Å². The SMILES string of the molecule is COc1ncc(-c2cccc3cc([C@H](C)CNc4cc(N)nc5ccnn45)n(-c4ccccc4)c(=O)c23)cn1. The number of rotatable bonds is 7. The van der Waals surface area contributed by atoms with Gasteiger partial charge in [0, 0.05) is 53.9 Å². The van der Waals surface area contributed by atoms with Crippen LogP contribution in [-0.2, 0) is 0 Å². The molecule has 0 radical (unpaired) electrons. The van der Waals surface area contributed by atoms with Crippen molar-refractivity contribution in [2.75, 3.05) is 24.7 Å². The summed E-state index contributed by atoms with van der Waals surface area (Å²) in [6.45, 7) is 2.61. The zero-order valence-corrected chi connectivity index (χ0v) is 21.4. The number of benzene rings is 2. The van der Waals surface area contributed by atoms with Crippen LogP contribution in [0.1, 0.15) is 18.5 Å². The Hall–Kier alpha value is -5.25. The highest BCUT2D eigenvalue weighted by Crippen LogP contribution is 2.30. The average molecular weight is 519 g/mol. The van der Waals surface area contributed by atoms with E-state index in [-0.39, 0.29) is 17.5 Å². The quantitative estimate of drug-likeness (QED) is 0.321. The minimum atomic E-state index is -0.116. The standard InChI is InChI=1S/C29H26N8O2/c1-18(15-31-26-14-24(30)35-25-11-12-34-37(25)26)23-13-19-7-6-10-22(20-16-32-29(39-2)33-17-20)27(19)28(38)36(23)21-8-4-3-5-9-21/h3-14,16-18,31H,15H2,1-2H3,(H2,30,35)/t18-/m1/s1. The number of ether oxygens (including phenoxy) is 1. The van der Waals surface area contributed by atoms with Crippen molar-refractivity contribution in [1.82, 2.24) is 29.1 Å². The molecule has 10 heteroatoms. The Morgan fingerprint density at radius 2 is 1.82 bits per heavy atom. The largest absolute Gasteiger partial charge is 0.467 e. The first-order valence-electron chi connectivity index (χ1n) is 12.5. The molecule has 39 heavy (non-hydrogen) atoms. The molecule has 4 heterocycles. The number of anilines is 2. The van der Waals surface area contributed by atoms with E-state index >= 15 is 0 Å². The minimum Gasteiger partial charge on any atom is -0.467 e. The number of nitrogen functional groups attached to an aromatic ring is 1. The van der Waals surface area contributed by atoms with E-state index in [1.54, 1.807) is 39.8 Å². The lowest BCUT2D eigenvalue weighted by Gasteiger charge is -2.21. The number of methoxy groups -OCH3 is 1. The number of pyridine rings is 1. The highest BCUT2D eigenvalue weighted by Gasteiger charge is 2.19. The minimum absolute atomic E-state index is 0.0599. The molecule has 2 aromatic carbocycles. The summed E-state index contributed by atoms with van der Waals surface area (Å²) in [6.07, 6.45) is 5.02. The van der Waals surface area contributed by atoms with Gasteiger partial charge in [0.25, 0.3) is 5.56 Å². The van der Waals surface area contributed by atoms with Crippen molar-refractivity contribution < 1.29 is 4.74 Å². The molecule has 0 saturated carbocycles. The van der Waals surface area contributed by atoms with E-state index in [1.807, 2.05) is 48.5 Å². The second-order valence-corrected chi connectivity index (χ2v) is 9.22. The van der Waals surface area contributed by atoms with E-state index in [0.717, 1.165) is 33.7 Å². The molecular formula is C29H26N8O2. The lowest BCUT2D eigenvalue weighted by Crippen LogP contribution is -2.26. The van der Waals surface area contributed by atoms with Gasteiger partial charge in [0.1, 0.15) is 11.6 Å². The lowest BCUT2D eigenvalue weighted by atomic mass is 9.97. The van der Waals surface area contributed by atoms with Crippen LogP contribution >= 0.6 is 0 Å². The zero-order valence-electron chi connectivity index (χ0n) is 21.4. The first-order chi connectivity index (χ1) is 19.0. The third kappa shape index (κ3) is 4.42. The fourth-order valence-electron chi connectivity index (χ4n) is 4.81. The van der Waals surface area contributed by atoms with Gasteiger partial charge in [-0.15, -0.1) is 0 Å². The van der Waals surface area contributed by atoms with Crippen molar-refractivity contribution in [3.05, 3.63) is 101 Å². The molecule has 3 N–H and O–H groups in total. The van der Waals surface area contributed by atoms with Gasteiger partial charge in [-0.3, -0.25) is 9.36 Å². The van der Waals surface area contributed by atoms with Crippen molar-refractivity contribution in [2.45, 2.75) is 12.8 Å².